The summed E-state index contributed by atoms with van der Waals surface area (Å²) in [6.45, 7) is 3.86. The topological polar surface area (TPSA) is 95.0 Å². The van der Waals surface area contributed by atoms with E-state index in [1.54, 1.807) is 11.3 Å². The summed E-state index contributed by atoms with van der Waals surface area (Å²) < 4.78 is 1.12. The van der Waals surface area contributed by atoms with Crippen molar-refractivity contribution >= 4 is 38.3 Å². The van der Waals surface area contributed by atoms with Crippen molar-refractivity contribution < 1.29 is 5.11 Å². The number of aliphatic hydroxyl groups is 1. The lowest BCUT2D eigenvalue weighted by atomic mass is 9.93. The SMILES string of the molecule is CCNCc1cncc(-c2ccc3nc(Nc4cccc(NC5CCC(O)CC5)n4)sc3c2)c1. The lowest BCUT2D eigenvalue weighted by molar-refractivity contribution is 0.126. The minimum atomic E-state index is -0.156. The van der Waals surface area contributed by atoms with Crippen molar-refractivity contribution in [1.29, 1.82) is 0 Å². The molecule has 176 valence electrons. The van der Waals surface area contributed by atoms with Crippen LogP contribution in [0.15, 0.2) is 54.9 Å². The number of thiazole rings is 1. The molecule has 1 aromatic carbocycles. The van der Waals surface area contributed by atoms with Crippen LogP contribution in [0.5, 0.6) is 0 Å². The number of hydrogen-bond acceptors (Lipinski definition) is 8. The molecule has 0 saturated heterocycles. The van der Waals surface area contributed by atoms with Gasteiger partial charge in [0.2, 0.25) is 0 Å². The first-order valence-corrected chi connectivity index (χ1v) is 12.7. The average Bonchev–Trinajstić information content (AvgIpc) is 3.26. The van der Waals surface area contributed by atoms with Gasteiger partial charge in [-0.15, -0.1) is 0 Å². The van der Waals surface area contributed by atoms with Crippen LogP contribution >= 0.6 is 11.3 Å². The summed E-state index contributed by atoms with van der Waals surface area (Å²) >= 11 is 1.62. The van der Waals surface area contributed by atoms with Crippen LogP contribution in [0.25, 0.3) is 21.3 Å². The Bertz CT molecular complexity index is 1250. The van der Waals surface area contributed by atoms with E-state index in [0.717, 1.165) is 76.9 Å². The molecule has 0 spiro atoms. The maximum absolute atomic E-state index is 9.72. The van der Waals surface area contributed by atoms with Gasteiger partial charge in [-0.2, -0.15) is 0 Å². The van der Waals surface area contributed by atoms with Crippen molar-refractivity contribution in [3.05, 3.63) is 60.4 Å². The highest BCUT2D eigenvalue weighted by Gasteiger charge is 2.19. The van der Waals surface area contributed by atoms with E-state index in [9.17, 15) is 5.11 Å². The second-order valence-electron chi connectivity index (χ2n) is 8.75. The molecular weight excluding hydrogens is 444 g/mol. The summed E-state index contributed by atoms with van der Waals surface area (Å²) in [5, 5.41) is 20.8. The van der Waals surface area contributed by atoms with Gasteiger partial charge in [0, 0.05) is 30.5 Å². The van der Waals surface area contributed by atoms with Crippen LogP contribution in [0.2, 0.25) is 0 Å². The van der Waals surface area contributed by atoms with Gasteiger partial charge in [-0.1, -0.05) is 30.4 Å². The first kappa shape index (κ1) is 22.7. The molecule has 0 radical (unpaired) electrons. The smallest absolute Gasteiger partial charge is 0.189 e. The molecule has 3 heterocycles. The van der Waals surface area contributed by atoms with Crippen molar-refractivity contribution in [2.75, 3.05) is 17.2 Å². The third kappa shape index (κ3) is 5.52. The van der Waals surface area contributed by atoms with Crippen LogP contribution in [0.4, 0.5) is 16.8 Å². The number of nitrogens with one attached hydrogen (secondary N) is 3. The number of hydrogen-bond donors (Lipinski definition) is 4. The second kappa shape index (κ2) is 10.5. The molecule has 4 aromatic rings. The molecule has 5 rings (SSSR count). The van der Waals surface area contributed by atoms with Crippen molar-refractivity contribution in [3.8, 4) is 11.1 Å². The quantitative estimate of drug-likeness (QED) is 0.274. The Balaban J connectivity index is 1.30. The highest BCUT2D eigenvalue weighted by molar-refractivity contribution is 7.22. The highest BCUT2D eigenvalue weighted by atomic mass is 32.1. The molecule has 1 aliphatic rings. The number of nitrogens with zero attached hydrogens (tertiary/aromatic N) is 3. The zero-order valence-electron chi connectivity index (χ0n) is 19.3. The van der Waals surface area contributed by atoms with E-state index in [2.05, 4.69) is 52.1 Å². The molecule has 7 nitrogen and oxygen atoms in total. The molecule has 0 bridgehead atoms. The normalized spacial score (nSPS) is 18.2. The summed E-state index contributed by atoms with van der Waals surface area (Å²) in [6, 6.07) is 14.8. The number of aliphatic hydroxyl groups excluding tert-OH is 1. The summed E-state index contributed by atoms with van der Waals surface area (Å²) in [4.78, 5) is 13.9. The first-order valence-electron chi connectivity index (χ1n) is 11.9. The summed E-state index contributed by atoms with van der Waals surface area (Å²) in [5.74, 6) is 1.61. The van der Waals surface area contributed by atoms with Crippen molar-refractivity contribution in [3.63, 3.8) is 0 Å². The monoisotopic (exact) mass is 474 g/mol. The van der Waals surface area contributed by atoms with E-state index in [1.165, 1.54) is 5.56 Å². The van der Waals surface area contributed by atoms with Crippen LogP contribution in [0, 0.1) is 0 Å². The maximum Gasteiger partial charge on any atom is 0.189 e. The predicted octanol–water partition coefficient (Wildman–Crippen LogP) is 5.32. The predicted molar refractivity (Wildman–Crippen MR) is 140 cm³/mol. The van der Waals surface area contributed by atoms with Gasteiger partial charge in [0.15, 0.2) is 5.13 Å². The van der Waals surface area contributed by atoms with Crippen molar-refractivity contribution in [2.24, 2.45) is 0 Å². The number of benzene rings is 1. The third-order valence-electron chi connectivity index (χ3n) is 6.13. The first-order chi connectivity index (χ1) is 16.7. The minimum Gasteiger partial charge on any atom is -0.393 e. The van der Waals surface area contributed by atoms with Crippen molar-refractivity contribution in [2.45, 2.75) is 51.3 Å². The summed E-state index contributed by atoms with van der Waals surface area (Å²) in [7, 11) is 0. The largest absolute Gasteiger partial charge is 0.393 e. The van der Waals surface area contributed by atoms with Crippen LogP contribution in [0.3, 0.4) is 0 Å². The Morgan fingerprint density at radius 3 is 2.68 bits per heavy atom. The van der Waals surface area contributed by atoms with E-state index in [-0.39, 0.29) is 6.10 Å². The highest BCUT2D eigenvalue weighted by Crippen LogP contribution is 2.32. The van der Waals surface area contributed by atoms with E-state index in [0.29, 0.717) is 6.04 Å². The fourth-order valence-corrected chi connectivity index (χ4v) is 5.20. The summed E-state index contributed by atoms with van der Waals surface area (Å²) in [6.07, 6.45) is 7.29. The number of anilines is 3. The minimum absolute atomic E-state index is 0.156. The average molecular weight is 475 g/mol. The molecule has 0 amide bonds. The maximum atomic E-state index is 9.72. The van der Waals surface area contributed by atoms with Gasteiger partial charge in [-0.05, 0) is 73.7 Å². The summed E-state index contributed by atoms with van der Waals surface area (Å²) in [5.41, 5.74) is 4.38. The molecule has 8 heteroatoms. The molecule has 1 saturated carbocycles. The second-order valence-corrected chi connectivity index (χ2v) is 9.78. The van der Waals surface area contributed by atoms with Gasteiger partial charge in [-0.25, -0.2) is 9.97 Å². The van der Waals surface area contributed by atoms with E-state index >= 15 is 0 Å². The number of fused-ring (bicyclic) bond motifs is 1. The molecule has 3 aromatic heterocycles. The molecule has 1 fully saturated rings. The molecule has 0 aliphatic heterocycles. The molecule has 0 unspecified atom stereocenters. The number of aromatic nitrogens is 3. The van der Waals surface area contributed by atoms with E-state index in [1.807, 2.05) is 30.6 Å². The lowest BCUT2D eigenvalue weighted by Crippen LogP contribution is -2.28. The molecule has 34 heavy (non-hydrogen) atoms. The Labute approximate surface area is 203 Å². The third-order valence-corrected chi connectivity index (χ3v) is 7.06. The van der Waals surface area contributed by atoms with E-state index < -0.39 is 0 Å². The Hall–Kier alpha value is -3.07. The van der Waals surface area contributed by atoms with Crippen LogP contribution < -0.4 is 16.0 Å². The van der Waals surface area contributed by atoms with Crippen LogP contribution in [0.1, 0.15) is 38.2 Å². The van der Waals surface area contributed by atoms with Gasteiger partial charge in [-0.3, -0.25) is 4.98 Å². The van der Waals surface area contributed by atoms with Gasteiger partial charge in [0.25, 0.3) is 0 Å². The van der Waals surface area contributed by atoms with Gasteiger partial charge in [0.1, 0.15) is 11.6 Å². The van der Waals surface area contributed by atoms with Crippen LogP contribution in [-0.2, 0) is 6.54 Å². The zero-order valence-corrected chi connectivity index (χ0v) is 20.1. The van der Waals surface area contributed by atoms with Gasteiger partial charge >= 0.3 is 0 Å². The zero-order chi connectivity index (χ0) is 23.3. The number of rotatable bonds is 8. The Morgan fingerprint density at radius 2 is 1.82 bits per heavy atom. The molecule has 1 aliphatic carbocycles. The van der Waals surface area contributed by atoms with Gasteiger partial charge in [0.05, 0.1) is 16.3 Å². The molecular formula is C26H30N6OS. The molecule has 4 N–H and O–H groups in total. The lowest BCUT2D eigenvalue weighted by Gasteiger charge is -2.26. The van der Waals surface area contributed by atoms with E-state index in [4.69, 9.17) is 9.97 Å². The Morgan fingerprint density at radius 1 is 0.971 bits per heavy atom. The van der Waals surface area contributed by atoms with Crippen molar-refractivity contribution in [1.82, 2.24) is 20.3 Å². The Kier molecular flexibility index (Phi) is 6.99. The fraction of sp³-hybridized carbons (Fsp3) is 0.346. The van der Waals surface area contributed by atoms with Gasteiger partial charge < -0.3 is 21.1 Å². The van der Waals surface area contributed by atoms with Crippen LogP contribution in [-0.4, -0.2) is 38.7 Å². The molecule has 0 atom stereocenters. The fourth-order valence-electron chi connectivity index (χ4n) is 4.29. The number of pyridine rings is 2. The standard InChI is InChI=1S/C26H30N6OS/c1-2-27-14-17-12-19(16-28-15-17)18-6-11-22-23(13-18)34-26(30-22)32-25-5-3-4-24(31-25)29-20-7-9-21(33)10-8-20/h3-6,11-13,15-16,20-21,27,33H,2,7-10,14H2,1H3,(H2,29,30,31,32).